The molecule has 0 aliphatic carbocycles. The molecular formula is C13H23N5. The summed E-state index contributed by atoms with van der Waals surface area (Å²) in [6, 6.07) is 4.63. The second-order valence-electron chi connectivity index (χ2n) is 5.07. The van der Waals surface area contributed by atoms with E-state index >= 15 is 0 Å². The highest BCUT2D eigenvalue weighted by molar-refractivity contribution is 5.39. The van der Waals surface area contributed by atoms with Gasteiger partial charge in [-0.3, -0.25) is 0 Å². The molecular weight excluding hydrogens is 226 g/mol. The van der Waals surface area contributed by atoms with Gasteiger partial charge in [0.15, 0.2) is 5.82 Å². The van der Waals surface area contributed by atoms with Crippen molar-refractivity contribution in [2.45, 2.75) is 25.9 Å². The third-order valence-corrected chi connectivity index (χ3v) is 3.40. The Hall–Kier alpha value is -1.20. The van der Waals surface area contributed by atoms with Gasteiger partial charge < -0.3 is 15.1 Å². The van der Waals surface area contributed by atoms with Gasteiger partial charge in [0, 0.05) is 25.7 Å². The topological polar surface area (TPSA) is 44.3 Å². The van der Waals surface area contributed by atoms with Crippen LogP contribution >= 0.6 is 0 Å². The molecule has 1 aromatic rings. The fourth-order valence-corrected chi connectivity index (χ4v) is 2.49. The van der Waals surface area contributed by atoms with Crippen LogP contribution in [0.25, 0.3) is 0 Å². The molecule has 0 saturated carbocycles. The van der Waals surface area contributed by atoms with E-state index in [-0.39, 0.29) is 0 Å². The summed E-state index contributed by atoms with van der Waals surface area (Å²) in [5.41, 5.74) is 0.987. The summed E-state index contributed by atoms with van der Waals surface area (Å²) in [6.45, 7) is 6.33. The zero-order chi connectivity index (χ0) is 13.0. The highest BCUT2D eigenvalue weighted by atomic mass is 15.3. The average Bonchev–Trinajstić information content (AvgIpc) is 2.52. The number of likely N-dealkylation sites (N-methyl/N-ethyl adjacent to an activating group) is 1. The lowest BCUT2D eigenvalue weighted by Gasteiger charge is -2.28. The van der Waals surface area contributed by atoms with Gasteiger partial charge >= 0.3 is 0 Å². The zero-order valence-corrected chi connectivity index (χ0v) is 11.6. The molecule has 0 radical (unpaired) electrons. The summed E-state index contributed by atoms with van der Waals surface area (Å²) in [6.07, 6.45) is 1.18. The molecule has 0 bridgehead atoms. The first-order chi connectivity index (χ1) is 8.70. The van der Waals surface area contributed by atoms with Crippen LogP contribution in [-0.2, 0) is 6.54 Å². The van der Waals surface area contributed by atoms with E-state index in [0.29, 0.717) is 6.04 Å². The van der Waals surface area contributed by atoms with Gasteiger partial charge in [-0.05, 0) is 46.1 Å². The van der Waals surface area contributed by atoms with Crippen molar-refractivity contribution in [2.24, 2.45) is 0 Å². The van der Waals surface area contributed by atoms with Crippen molar-refractivity contribution in [3.63, 3.8) is 0 Å². The molecule has 2 rings (SSSR count). The standard InChI is InChI=1S/C13H23N5/c1-11-10-17(3)7-4-8-18(11)13-6-5-12(9-14-2)15-16-13/h5-6,11,14H,4,7-10H2,1-3H3. The molecule has 100 valence electrons. The lowest BCUT2D eigenvalue weighted by atomic mass is 10.2. The Labute approximate surface area is 109 Å². The van der Waals surface area contributed by atoms with Crippen LogP contribution in [0.3, 0.4) is 0 Å². The molecule has 0 amide bonds. The van der Waals surface area contributed by atoms with Gasteiger partial charge in [0.05, 0.1) is 5.69 Å². The molecule has 5 heteroatoms. The number of nitrogens with zero attached hydrogens (tertiary/aromatic N) is 4. The quantitative estimate of drug-likeness (QED) is 0.855. The molecule has 1 fully saturated rings. The third-order valence-electron chi connectivity index (χ3n) is 3.40. The van der Waals surface area contributed by atoms with Crippen LogP contribution in [0.1, 0.15) is 19.0 Å². The molecule has 1 saturated heterocycles. The summed E-state index contributed by atoms with van der Waals surface area (Å²) in [7, 11) is 4.10. The largest absolute Gasteiger partial charge is 0.351 e. The average molecular weight is 249 g/mol. The molecule has 1 aliphatic rings. The fraction of sp³-hybridized carbons (Fsp3) is 0.692. The smallest absolute Gasteiger partial charge is 0.151 e. The van der Waals surface area contributed by atoms with Crippen molar-refractivity contribution < 1.29 is 0 Å². The zero-order valence-electron chi connectivity index (χ0n) is 11.6. The molecule has 5 nitrogen and oxygen atoms in total. The lowest BCUT2D eigenvalue weighted by Crippen LogP contribution is -2.38. The van der Waals surface area contributed by atoms with E-state index in [1.807, 2.05) is 7.05 Å². The highest BCUT2D eigenvalue weighted by Gasteiger charge is 2.20. The number of hydrogen-bond acceptors (Lipinski definition) is 5. The third kappa shape index (κ3) is 3.17. The number of anilines is 1. The van der Waals surface area contributed by atoms with Crippen LogP contribution in [0.5, 0.6) is 0 Å². The van der Waals surface area contributed by atoms with E-state index in [9.17, 15) is 0 Å². The number of aromatic nitrogens is 2. The second-order valence-corrected chi connectivity index (χ2v) is 5.07. The summed E-state index contributed by atoms with van der Waals surface area (Å²) in [5.74, 6) is 0.998. The van der Waals surface area contributed by atoms with Crippen LogP contribution in [0.2, 0.25) is 0 Å². The number of hydrogen-bond donors (Lipinski definition) is 1. The summed E-state index contributed by atoms with van der Waals surface area (Å²) in [4.78, 5) is 4.74. The predicted molar refractivity (Wildman–Crippen MR) is 73.7 cm³/mol. The minimum atomic E-state index is 0.488. The van der Waals surface area contributed by atoms with Crippen LogP contribution in [0, 0.1) is 0 Å². The van der Waals surface area contributed by atoms with E-state index in [1.165, 1.54) is 6.42 Å². The molecule has 1 aliphatic heterocycles. The summed E-state index contributed by atoms with van der Waals surface area (Å²) >= 11 is 0. The molecule has 1 atom stereocenters. The van der Waals surface area contributed by atoms with E-state index in [1.54, 1.807) is 0 Å². The molecule has 1 aromatic heterocycles. The van der Waals surface area contributed by atoms with Gasteiger partial charge in [0.25, 0.3) is 0 Å². The molecule has 1 N–H and O–H groups in total. The normalized spacial score (nSPS) is 21.9. The SMILES string of the molecule is CNCc1ccc(N2CCCN(C)CC2C)nn1. The first kappa shape index (κ1) is 13.2. The van der Waals surface area contributed by atoms with Gasteiger partial charge in [0.1, 0.15) is 0 Å². The predicted octanol–water partition coefficient (Wildman–Crippen LogP) is 0.726. The molecule has 18 heavy (non-hydrogen) atoms. The fourth-order valence-electron chi connectivity index (χ4n) is 2.49. The molecule has 2 heterocycles. The number of nitrogens with one attached hydrogen (secondary N) is 1. The van der Waals surface area contributed by atoms with Crippen molar-refractivity contribution in [1.82, 2.24) is 20.4 Å². The number of rotatable bonds is 3. The summed E-state index contributed by atoms with van der Waals surface area (Å²) < 4.78 is 0. The minimum Gasteiger partial charge on any atom is -0.351 e. The first-order valence-corrected chi connectivity index (χ1v) is 6.63. The Kier molecular flexibility index (Phi) is 4.49. The van der Waals surface area contributed by atoms with E-state index in [0.717, 1.165) is 37.7 Å². The highest BCUT2D eigenvalue weighted by Crippen LogP contribution is 2.17. The monoisotopic (exact) mass is 249 g/mol. The van der Waals surface area contributed by atoms with Crippen molar-refractivity contribution in [1.29, 1.82) is 0 Å². The summed E-state index contributed by atoms with van der Waals surface area (Å²) in [5, 5.41) is 11.7. The van der Waals surface area contributed by atoms with Crippen LogP contribution < -0.4 is 10.2 Å². The van der Waals surface area contributed by atoms with Crippen LogP contribution in [0.15, 0.2) is 12.1 Å². The molecule has 0 spiro atoms. The Morgan fingerprint density at radius 1 is 1.33 bits per heavy atom. The van der Waals surface area contributed by atoms with Gasteiger partial charge in [-0.1, -0.05) is 0 Å². The molecule has 0 aromatic carbocycles. The maximum Gasteiger partial charge on any atom is 0.151 e. The van der Waals surface area contributed by atoms with Crippen molar-refractivity contribution in [2.75, 3.05) is 38.6 Å². The Morgan fingerprint density at radius 3 is 2.83 bits per heavy atom. The maximum atomic E-state index is 4.36. The van der Waals surface area contributed by atoms with Crippen molar-refractivity contribution >= 4 is 5.82 Å². The van der Waals surface area contributed by atoms with Crippen molar-refractivity contribution in [3.8, 4) is 0 Å². The Morgan fingerprint density at radius 2 is 2.17 bits per heavy atom. The Balaban J connectivity index is 2.09. The second kappa shape index (κ2) is 6.11. The maximum absolute atomic E-state index is 4.36. The van der Waals surface area contributed by atoms with Crippen LogP contribution in [0.4, 0.5) is 5.82 Å². The van der Waals surface area contributed by atoms with Gasteiger partial charge in [-0.15, -0.1) is 5.10 Å². The lowest BCUT2D eigenvalue weighted by molar-refractivity contribution is 0.337. The first-order valence-electron chi connectivity index (χ1n) is 6.63. The van der Waals surface area contributed by atoms with Crippen LogP contribution in [-0.4, -0.2) is 54.9 Å². The van der Waals surface area contributed by atoms with E-state index < -0.39 is 0 Å². The van der Waals surface area contributed by atoms with E-state index in [4.69, 9.17) is 0 Å². The minimum absolute atomic E-state index is 0.488. The Bertz CT molecular complexity index is 364. The van der Waals surface area contributed by atoms with Crippen molar-refractivity contribution in [3.05, 3.63) is 17.8 Å². The van der Waals surface area contributed by atoms with E-state index in [2.05, 4.69) is 51.4 Å². The molecule has 1 unspecified atom stereocenters. The van der Waals surface area contributed by atoms with Gasteiger partial charge in [-0.25, -0.2) is 0 Å². The van der Waals surface area contributed by atoms with Gasteiger partial charge in [-0.2, -0.15) is 5.10 Å². The van der Waals surface area contributed by atoms with Gasteiger partial charge in [0.2, 0.25) is 0 Å².